The lowest BCUT2D eigenvalue weighted by Crippen LogP contribution is -2.48. The summed E-state index contributed by atoms with van der Waals surface area (Å²) in [5, 5.41) is 0. The van der Waals surface area contributed by atoms with E-state index in [2.05, 4.69) is 36.4 Å². The minimum atomic E-state index is -0.245. The molecule has 4 unspecified atom stereocenters. The Balaban J connectivity index is 1.36. The van der Waals surface area contributed by atoms with E-state index >= 15 is 0 Å². The Kier molecular flexibility index (Phi) is 5.60. The van der Waals surface area contributed by atoms with Crippen LogP contribution in [0.2, 0.25) is 0 Å². The largest absolute Gasteiger partial charge is 0.497 e. The van der Waals surface area contributed by atoms with Crippen LogP contribution in [0.5, 0.6) is 5.75 Å². The van der Waals surface area contributed by atoms with Crippen molar-refractivity contribution in [2.45, 2.75) is 43.2 Å². The molecule has 4 heteroatoms. The smallest absolute Gasteiger partial charge is 0.410 e. The summed E-state index contributed by atoms with van der Waals surface area (Å²) in [5.41, 5.74) is 5.18. The second kappa shape index (κ2) is 8.70. The molecule has 164 valence electrons. The first-order valence-electron chi connectivity index (χ1n) is 11.3. The van der Waals surface area contributed by atoms with E-state index in [0.29, 0.717) is 24.4 Å². The van der Waals surface area contributed by atoms with Gasteiger partial charge in [0.05, 0.1) is 7.11 Å². The number of hydrogen-bond donors (Lipinski definition) is 0. The van der Waals surface area contributed by atoms with Gasteiger partial charge in [0, 0.05) is 19.0 Å². The van der Waals surface area contributed by atoms with Gasteiger partial charge in [0.1, 0.15) is 12.4 Å². The van der Waals surface area contributed by atoms with Gasteiger partial charge in [-0.2, -0.15) is 0 Å². The fourth-order valence-corrected chi connectivity index (χ4v) is 5.65. The third-order valence-electron chi connectivity index (χ3n) is 7.28. The van der Waals surface area contributed by atoms with Crippen LogP contribution in [0.25, 0.3) is 0 Å². The van der Waals surface area contributed by atoms with Gasteiger partial charge in [-0.3, -0.25) is 0 Å². The Morgan fingerprint density at radius 2 is 1.50 bits per heavy atom. The number of ether oxygens (including phenoxy) is 2. The Morgan fingerprint density at radius 1 is 0.844 bits per heavy atom. The van der Waals surface area contributed by atoms with E-state index in [1.54, 1.807) is 7.11 Å². The first kappa shape index (κ1) is 20.6. The zero-order chi connectivity index (χ0) is 22.1. The molecule has 3 aromatic rings. The quantitative estimate of drug-likeness (QED) is 0.494. The van der Waals surface area contributed by atoms with Crippen LogP contribution in [-0.2, 0) is 11.3 Å². The number of hydrogen-bond acceptors (Lipinski definition) is 3. The van der Waals surface area contributed by atoms with Crippen molar-refractivity contribution in [2.75, 3.05) is 14.2 Å². The molecule has 3 aromatic carbocycles. The average molecular weight is 428 g/mol. The SMILES string of the molecule is COc1ccc(C2CC3c4ccccc4C2CC3N(C)C(=O)OCc2ccccc2)cc1. The second-order valence-electron chi connectivity index (χ2n) is 8.91. The van der Waals surface area contributed by atoms with Crippen LogP contribution < -0.4 is 4.74 Å². The molecule has 3 aliphatic carbocycles. The van der Waals surface area contributed by atoms with Gasteiger partial charge in [0.25, 0.3) is 0 Å². The summed E-state index contributed by atoms with van der Waals surface area (Å²) in [6, 6.07) is 27.2. The topological polar surface area (TPSA) is 38.8 Å². The Labute approximate surface area is 189 Å². The van der Waals surface area contributed by atoms with Crippen LogP contribution in [0.15, 0.2) is 78.9 Å². The molecule has 0 aromatic heterocycles. The van der Waals surface area contributed by atoms with Gasteiger partial charge in [0.2, 0.25) is 0 Å². The normalized spacial score (nSPS) is 23.3. The zero-order valence-electron chi connectivity index (χ0n) is 18.6. The summed E-state index contributed by atoms with van der Waals surface area (Å²) in [4.78, 5) is 14.7. The summed E-state index contributed by atoms with van der Waals surface area (Å²) in [5.74, 6) is 2.02. The molecule has 32 heavy (non-hydrogen) atoms. The van der Waals surface area contributed by atoms with Crippen molar-refractivity contribution in [2.24, 2.45) is 0 Å². The van der Waals surface area contributed by atoms with E-state index in [1.165, 1.54) is 16.7 Å². The first-order valence-corrected chi connectivity index (χ1v) is 11.3. The molecule has 0 spiro atoms. The molecular formula is C28H29NO3. The summed E-state index contributed by atoms with van der Waals surface area (Å²) in [6.07, 6.45) is 1.74. The molecule has 0 radical (unpaired) electrons. The van der Waals surface area contributed by atoms with Gasteiger partial charge in [-0.1, -0.05) is 66.7 Å². The molecule has 1 amide bonds. The number of likely N-dealkylation sites (N-methyl/N-ethyl adjacent to an activating group) is 1. The van der Waals surface area contributed by atoms with Crippen molar-refractivity contribution in [3.05, 3.63) is 101 Å². The van der Waals surface area contributed by atoms with Crippen molar-refractivity contribution in [1.82, 2.24) is 4.90 Å². The Hall–Kier alpha value is -3.27. The maximum atomic E-state index is 12.9. The van der Waals surface area contributed by atoms with E-state index in [4.69, 9.17) is 9.47 Å². The average Bonchev–Trinajstić information content (AvgIpc) is 2.87. The standard InChI is InChI=1S/C28H29NO3/c1-29(28(30)32-18-19-8-4-3-5-9-19)27-17-25-22-10-6-7-11-23(22)26(27)16-24(25)20-12-14-21(31-2)15-13-20/h3-15,24-27H,16-18H2,1-2H3. The van der Waals surface area contributed by atoms with Gasteiger partial charge in [0.15, 0.2) is 0 Å². The van der Waals surface area contributed by atoms with Crippen LogP contribution in [0.4, 0.5) is 4.79 Å². The molecule has 4 atom stereocenters. The lowest BCUT2D eigenvalue weighted by Gasteiger charge is -2.51. The number of carbonyl (C=O) groups is 1. The maximum absolute atomic E-state index is 12.9. The lowest BCUT2D eigenvalue weighted by molar-refractivity contribution is 0.0687. The molecule has 2 bridgehead atoms. The van der Waals surface area contributed by atoms with E-state index in [1.807, 2.05) is 54.4 Å². The number of carbonyl (C=O) groups excluding carboxylic acids is 1. The van der Waals surface area contributed by atoms with E-state index in [-0.39, 0.29) is 12.1 Å². The highest BCUT2D eigenvalue weighted by Crippen LogP contribution is 2.57. The molecule has 0 heterocycles. The molecule has 0 N–H and O–H groups in total. The van der Waals surface area contributed by atoms with Gasteiger partial charge in [-0.25, -0.2) is 4.79 Å². The van der Waals surface area contributed by atoms with Crippen LogP contribution in [0.3, 0.4) is 0 Å². The minimum Gasteiger partial charge on any atom is -0.497 e. The number of rotatable bonds is 5. The number of amides is 1. The summed E-state index contributed by atoms with van der Waals surface area (Å²) in [6.45, 7) is 0.301. The maximum Gasteiger partial charge on any atom is 0.410 e. The van der Waals surface area contributed by atoms with Gasteiger partial charge in [-0.15, -0.1) is 0 Å². The fraction of sp³-hybridized carbons (Fsp3) is 0.321. The number of benzene rings is 3. The molecule has 0 aliphatic heterocycles. The van der Waals surface area contributed by atoms with E-state index in [9.17, 15) is 4.79 Å². The van der Waals surface area contributed by atoms with Crippen molar-refractivity contribution >= 4 is 6.09 Å². The highest BCUT2D eigenvalue weighted by molar-refractivity contribution is 5.68. The molecule has 6 rings (SSSR count). The molecular weight excluding hydrogens is 398 g/mol. The van der Waals surface area contributed by atoms with Crippen molar-refractivity contribution in [3.63, 3.8) is 0 Å². The van der Waals surface area contributed by atoms with Crippen LogP contribution in [-0.4, -0.2) is 31.2 Å². The first-order chi connectivity index (χ1) is 15.7. The summed E-state index contributed by atoms with van der Waals surface area (Å²) in [7, 11) is 3.59. The van der Waals surface area contributed by atoms with E-state index < -0.39 is 0 Å². The monoisotopic (exact) mass is 427 g/mol. The van der Waals surface area contributed by atoms with Gasteiger partial charge in [-0.05, 0) is 59.1 Å². The van der Waals surface area contributed by atoms with Crippen molar-refractivity contribution in [3.8, 4) is 5.75 Å². The third-order valence-corrected chi connectivity index (χ3v) is 7.28. The molecule has 1 fully saturated rings. The molecule has 4 nitrogen and oxygen atoms in total. The van der Waals surface area contributed by atoms with Crippen molar-refractivity contribution < 1.29 is 14.3 Å². The zero-order valence-corrected chi connectivity index (χ0v) is 18.6. The third kappa shape index (κ3) is 3.75. The second-order valence-corrected chi connectivity index (χ2v) is 8.91. The number of fused-ring (bicyclic) bond motifs is 2. The minimum absolute atomic E-state index is 0.146. The Bertz CT molecular complexity index is 1080. The highest BCUT2D eigenvalue weighted by atomic mass is 16.6. The number of methoxy groups -OCH3 is 1. The summed E-state index contributed by atoms with van der Waals surface area (Å²) >= 11 is 0. The van der Waals surface area contributed by atoms with Crippen LogP contribution in [0, 0.1) is 0 Å². The van der Waals surface area contributed by atoms with Crippen LogP contribution in [0.1, 0.15) is 52.8 Å². The van der Waals surface area contributed by atoms with Crippen LogP contribution >= 0.6 is 0 Å². The molecule has 0 saturated heterocycles. The molecule has 3 aliphatic rings. The lowest BCUT2D eigenvalue weighted by atomic mass is 9.58. The van der Waals surface area contributed by atoms with Crippen molar-refractivity contribution in [1.29, 1.82) is 0 Å². The predicted molar refractivity (Wildman–Crippen MR) is 125 cm³/mol. The highest BCUT2D eigenvalue weighted by Gasteiger charge is 2.47. The molecule has 1 saturated carbocycles. The van der Waals surface area contributed by atoms with Gasteiger partial charge < -0.3 is 14.4 Å². The number of nitrogens with zero attached hydrogens (tertiary/aromatic N) is 1. The van der Waals surface area contributed by atoms with E-state index in [0.717, 1.165) is 24.2 Å². The predicted octanol–water partition coefficient (Wildman–Crippen LogP) is 6.09. The fourth-order valence-electron chi connectivity index (χ4n) is 5.65. The Morgan fingerprint density at radius 3 is 2.19 bits per heavy atom. The van der Waals surface area contributed by atoms with Gasteiger partial charge >= 0.3 is 6.09 Å². The summed E-state index contributed by atoms with van der Waals surface area (Å²) < 4.78 is 11.0.